The lowest BCUT2D eigenvalue weighted by atomic mass is 9.85. The van der Waals surface area contributed by atoms with Gasteiger partial charge in [0, 0.05) is 37.7 Å². The van der Waals surface area contributed by atoms with Crippen molar-refractivity contribution in [3.05, 3.63) is 70.0 Å². The van der Waals surface area contributed by atoms with Gasteiger partial charge in [-0.05, 0) is 61.8 Å². The minimum absolute atomic E-state index is 0.00965. The van der Waals surface area contributed by atoms with Gasteiger partial charge < -0.3 is 10.2 Å². The Morgan fingerprint density at radius 2 is 1.76 bits per heavy atom. The number of nitrogens with one attached hydrogen (secondary N) is 1. The highest BCUT2D eigenvalue weighted by Crippen LogP contribution is 2.29. The van der Waals surface area contributed by atoms with Gasteiger partial charge in [-0.25, -0.2) is 4.68 Å². The first kappa shape index (κ1) is 22.3. The molecule has 1 aromatic heterocycles. The van der Waals surface area contributed by atoms with Crippen molar-refractivity contribution in [2.75, 3.05) is 6.54 Å². The molecule has 0 bridgehead atoms. The van der Waals surface area contributed by atoms with Crippen LogP contribution in [0.3, 0.4) is 0 Å². The Morgan fingerprint density at radius 1 is 1.00 bits per heavy atom. The molecule has 2 heterocycles. The fourth-order valence-corrected chi connectivity index (χ4v) is 5.12. The number of benzene rings is 2. The van der Waals surface area contributed by atoms with Gasteiger partial charge in [0.05, 0.1) is 5.39 Å². The second-order valence-corrected chi connectivity index (χ2v) is 9.37. The first-order chi connectivity index (χ1) is 16.6. The number of hydrogen-bond acceptors (Lipinski definition) is 5. The molecule has 1 aliphatic heterocycles. The van der Waals surface area contributed by atoms with Crippen molar-refractivity contribution in [1.82, 2.24) is 25.2 Å². The molecule has 8 heteroatoms. The third kappa shape index (κ3) is 4.71. The van der Waals surface area contributed by atoms with Crippen LogP contribution < -0.4 is 10.9 Å². The van der Waals surface area contributed by atoms with Crippen LogP contribution in [0.25, 0.3) is 10.9 Å². The van der Waals surface area contributed by atoms with E-state index in [1.54, 1.807) is 18.2 Å². The summed E-state index contributed by atoms with van der Waals surface area (Å²) in [6, 6.07) is 15.2. The zero-order valence-corrected chi connectivity index (χ0v) is 19.2. The summed E-state index contributed by atoms with van der Waals surface area (Å²) < 4.78 is 1.33. The summed E-state index contributed by atoms with van der Waals surface area (Å²) in [4.78, 5) is 39.5. The number of rotatable bonds is 7. The Morgan fingerprint density at radius 3 is 2.59 bits per heavy atom. The van der Waals surface area contributed by atoms with E-state index in [9.17, 15) is 14.4 Å². The molecule has 0 unspecified atom stereocenters. The van der Waals surface area contributed by atoms with Crippen molar-refractivity contribution in [2.45, 2.75) is 57.7 Å². The largest absolute Gasteiger partial charge is 0.353 e. The SMILES string of the molecule is O=C(CCCn1nnc2ccccc2c1=O)NC1CCC(CN2Cc3ccccc3C2=O)CC1. The maximum Gasteiger partial charge on any atom is 0.277 e. The molecule has 0 radical (unpaired) electrons. The summed E-state index contributed by atoms with van der Waals surface area (Å²) in [6.45, 7) is 1.86. The third-order valence-corrected chi connectivity index (χ3v) is 6.99. The lowest BCUT2D eigenvalue weighted by molar-refractivity contribution is -0.122. The van der Waals surface area contributed by atoms with Crippen LogP contribution in [0, 0.1) is 5.92 Å². The molecule has 34 heavy (non-hydrogen) atoms. The smallest absolute Gasteiger partial charge is 0.277 e. The Balaban J connectivity index is 1.04. The van der Waals surface area contributed by atoms with Gasteiger partial charge in [0.1, 0.15) is 5.52 Å². The van der Waals surface area contributed by atoms with Crippen LogP contribution in [-0.4, -0.2) is 44.3 Å². The van der Waals surface area contributed by atoms with Crippen LogP contribution >= 0.6 is 0 Å². The van der Waals surface area contributed by atoms with Gasteiger partial charge in [-0.1, -0.05) is 35.5 Å². The van der Waals surface area contributed by atoms with E-state index in [1.165, 1.54) is 4.68 Å². The minimum Gasteiger partial charge on any atom is -0.353 e. The molecule has 0 spiro atoms. The fourth-order valence-electron chi connectivity index (χ4n) is 5.12. The summed E-state index contributed by atoms with van der Waals surface area (Å²) in [5.41, 5.74) is 2.35. The number of hydrogen-bond donors (Lipinski definition) is 1. The van der Waals surface area contributed by atoms with Crippen LogP contribution in [0.4, 0.5) is 0 Å². The summed E-state index contributed by atoms with van der Waals surface area (Å²) in [5, 5.41) is 11.7. The van der Waals surface area contributed by atoms with Crippen molar-refractivity contribution in [3.8, 4) is 0 Å². The zero-order chi connectivity index (χ0) is 23.5. The number of carbonyl (C=O) groups excluding carboxylic acids is 2. The highest BCUT2D eigenvalue weighted by atomic mass is 16.2. The van der Waals surface area contributed by atoms with E-state index in [1.807, 2.05) is 35.2 Å². The summed E-state index contributed by atoms with van der Waals surface area (Å²) in [5.74, 6) is 0.626. The van der Waals surface area contributed by atoms with Crippen molar-refractivity contribution in [2.24, 2.45) is 5.92 Å². The van der Waals surface area contributed by atoms with Gasteiger partial charge in [-0.3, -0.25) is 14.4 Å². The third-order valence-electron chi connectivity index (χ3n) is 6.99. The van der Waals surface area contributed by atoms with Crippen molar-refractivity contribution < 1.29 is 9.59 Å². The van der Waals surface area contributed by atoms with Gasteiger partial charge in [-0.15, -0.1) is 5.10 Å². The predicted octanol–water partition coefficient (Wildman–Crippen LogP) is 2.90. The van der Waals surface area contributed by atoms with Crippen LogP contribution in [0.1, 0.15) is 54.4 Å². The van der Waals surface area contributed by atoms with Crippen molar-refractivity contribution in [3.63, 3.8) is 0 Å². The Hall–Kier alpha value is -3.55. The first-order valence-corrected chi connectivity index (χ1v) is 12.1. The van der Waals surface area contributed by atoms with Crippen LogP contribution in [0.5, 0.6) is 0 Å². The fraction of sp³-hybridized carbons (Fsp3) is 0.423. The maximum atomic E-state index is 12.6. The molecule has 0 saturated heterocycles. The molecule has 1 saturated carbocycles. The second kappa shape index (κ2) is 9.75. The predicted molar refractivity (Wildman–Crippen MR) is 128 cm³/mol. The van der Waals surface area contributed by atoms with Gasteiger partial charge >= 0.3 is 0 Å². The molecule has 1 N–H and O–H groups in total. The first-order valence-electron chi connectivity index (χ1n) is 12.1. The molecule has 176 valence electrons. The van der Waals surface area contributed by atoms with Gasteiger partial charge in [0.25, 0.3) is 11.5 Å². The number of aromatic nitrogens is 3. The molecule has 3 aromatic rings. The molecule has 2 amide bonds. The Kier molecular flexibility index (Phi) is 6.38. The normalized spacial score (nSPS) is 19.9. The molecule has 2 aliphatic rings. The highest BCUT2D eigenvalue weighted by Gasteiger charge is 2.30. The van der Waals surface area contributed by atoms with Gasteiger partial charge in [0.15, 0.2) is 0 Å². The van der Waals surface area contributed by atoms with E-state index >= 15 is 0 Å². The van der Waals surface area contributed by atoms with E-state index in [-0.39, 0.29) is 23.4 Å². The van der Waals surface area contributed by atoms with Gasteiger partial charge in [-0.2, -0.15) is 0 Å². The van der Waals surface area contributed by atoms with Crippen molar-refractivity contribution in [1.29, 1.82) is 0 Å². The van der Waals surface area contributed by atoms with E-state index in [2.05, 4.69) is 15.6 Å². The molecular formula is C26H29N5O3. The molecule has 8 nitrogen and oxygen atoms in total. The standard InChI is InChI=1S/C26H29N5O3/c32-24(10-5-15-31-26(34)22-8-3-4-9-23(22)28-29-31)27-20-13-11-18(12-14-20)16-30-17-19-6-1-2-7-21(19)25(30)33/h1-4,6-9,18,20H,5,10-17H2,(H,27,32). The lowest BCUT2D eigenvalue weighted by Crippen LogP contribution is -2.40. The number of fused-ring (bicyclic) bond motifs is 2. The monoisotopic (exact) mass is 459 g/mol. The Labute approximate surface area is 198 Å². The van der Waals surface area contributed by atoms with Crippen LogP contribution in [0.2, 0.25) is 0 Å². The van der Waals surface area contributed by atoms with E-state index in [0.29, 0.717) is 42.8 Å². The van der Waals surface area contributed by atoms with E-state index < -0.39 is 0 Å². The summed E-state index contributed by atoms with van der Waals surface area (Å²) in [6.07, 6.45) is 4.76. The highest BCUT2D eigenvalue weighted by molar-refractivity contribution is 5.98. The second-order valence-electron chi connectivity index (χ2n) is 9.37. The number of carbonyl (C=O) groups is 2. The van der Waals surface area contributed by atoms with E-state index in [4.69, 9.17) is 0 Å². The average Bonchev–Trinajstić information content (AvgIpc) is 3.17. The topological polar surface area (TPSA) is 97.2 Å². The van der Waals surface area contributed by atoms with E-state index in [0.717, 1.165) is 43.4 Å². The maximum absolute atomic E-state index is 12.6. The molecular weight excluding hydrogens is 430 g/mol. The summed E-state index contributed by atoms with van der Waals surface area (Å²) >= 11 is 0. The van der Waals surface area contributed by atoms with Gasteiger partial charge in [0.2, 0.25) is 5.91 Å². The van der Waals surface area contributed by atoms with Crippen LogP contribution in [0.15, 0.2) is 53.3 Å². The van der Waals surface area contributed by atoms with Crippen LogP contribution in [-0.2, 0) is 17.9 Å². The molecule has 5 rings (SSSR count). The summed E-state index contributed by atoms with van der Waals surface area (Å²) in [7, 11) is 0. The molecule has 2 aromatic carbocycles. The number of aryl methyl sites for hydroxylation is 1. The zero-order valence-electron chi connectivity index (χ0n) is 19.2. The van der Waals surface area contributed by atoms with Crippen molar-refractivity contribution >= 4 is 22.7 Å². The molecule has 1 fully saturated rings. The average molecular weight is 460 g/mol. The minimum atomic E-state index is -0.177. The lowest BCUT2D eigenvalue weighted by Gasteiger charge is -2.31. The number of nitrogens with zero attached hydrogens (tertiary/aromatic N) is 4. The molecule has 0 atom stereocenters. The quantitative estimate of drug-likeness (QED) is 0.586. The molecule has 1 aliphatic carbocycles. The number of amides is 2. The Bertz CT molecular complexity index is 1260.